The van der Waals surface area contributed by atoms with E-state index in [-0.39, 0.29) is 11.2 Å². The molecule has 1 aliphatic carbocycles. The molecule has 0 amide bonds. The maximum Gasteiger partial charge on any atom is 0.185 e. The molecule has 0 unspecified atom stereocenters. The molecule has 0 aromatic carbocycles. The van der Waals surface area contributed by atoms with Gasteiger partial charge < -0.3 is 0 Å². The molecular weight excluding hydrogens is 172 g/mol. The van der Waals surface area contributed by atoms with Gasteiger partial charge in [-0.2, -0.15) is 0 Å². The molecule has 14 heavy (non-hydrogen) atoms. The molecule has 0 bridgehead atoms. The van der Waals surface area contributed by atoms with E-state index in [4.69, 9.17) is 0 Å². The highest BCUT2D eigenvalue weighted by atomic mass is 16.1. The number of hydrogen-bond acceptors (Lipinski definition) is 1. The molecule has 0 saturated heterocycles. The van der Waals surface area contributed by atoms with Crippen LogP contribution in [0.5, 0.6) is 0 Å². The van der Waals surface area contributed by atoms with Crippen LogP contribution in [0.25, 0.3) is 0 Å². The zero-order valence-corrected chi connectivity index (χ0v) is 9.48. The van der Waals surface area contributed by atoms with E-state index in [1.165, 1.54) is 0 Å². The Bertz CT molecular complexity index is 335. The van der Waals surface area contributed by atoms with E-state index in [0.29, 0.717) is 0 Å². The lowest BCUT2D eigenvalue weighted by Crippen LogP contribution is -2.21. The second-order valence-corrected chi connectivity index (χ2v) is 4.74. The summed E-state index contributed by atoms with van der Waals surface area (Å²) >= 11 is 0. The topological polar surface area (TPSA) is 17.1 Å². The van der Waals surface area contributed by atoms with Crippen LogP contribution in [0.4, 0.5) is 0 Å². The zero-order chi connectivity index (χ0) is 10.9. The number of carbonyl (C=O) groups is 1. The molecule has 1 rings (SSSR count). The maximum absolute atomic E-state index is 12.0. The Morgan fingerprint density at radius 3 is 2.29 bits per heavy atom. The van der Waals surface area contributed by atoms with Gasteiger partial charge in [0.05, 0.1) is 0 Å². The van der Waals surface area contributed by atoms with E-state index >= 15 is 0 Å². The van der Waals surface area contributed by atoms with Crippen molar-refractivity contribution in [2.45, 2.75) is 34.1 Å². The summed E-state index contributed by atoms with van der Waals surface area (Å²) < 4.78 is 0. The molecule has 0 radical (unpaired) electrons. The molecule has 0 atom stereocenters. The fourth-order valence-corrected chi connectivity index (χ4v) is 1.57. The minimum atomic E-state index is -0.0886. The third-order valence-corrected chi connectivity index (χ3v) is 2.41. The fraction of sp³-hybridized carbons (Fsp3) is 0.462. The van der Waals surface area contributed by atoms with E-state index < -0.39 is 0 Å². The van der Waals surface area contributed by atoms with Gasteiger partial charge in [-0.3, -0.25) is 4.79 Å². The van der Waals surface area contributed by atoms with E-state index in [9.17, 15) is 4.79 Å². The quantitative estimate of drug-likeness (QED) is 0.619. The summed E-state index contributed by atoms with van der Waals surface area (Å²) in [4.78, 5) is 12.0. The number of allylic oxidation sites excluding steroid dienone is 5. The van der Waals surface area contributed by atoms with Crippen molar-refractivity contribution in [3.63, 3.8) is 0 Å². The monoisotopic (exact) mass is 190 g/mol. The number of hydrogen-bond donors (Lipinski definition) is 0. The van der Waals surface area contributed by atoms with Crippen LogP contribution in [0, 0.1) is 5.41 Å². The molecule has 0 aliphatic heterocycles. The Balaban J connectivity index is 3.12. The lowest BCUT2D eigenvalue weighted by molar-refractivity contribution is -0.113. The average molecular weight is 190 g/mol. The lowest BCUT2D eigenvalue weighted by atomic mass is 9.78. The Kier molecular flexibility index (Phi) is 2.79. The van der Waals surface area contributed by atoms with Crippen LogP contribution in [0.3, 0.4) is 0 Å². The first kappa shape index (κ1) is 11.0. The van der Waals surface area contributed by atoms with Gasteiger partial charge in [-0.25, -0.2) is 0 Å². The minimum Gasteiger partial charge on any atom is -0.289 e. The summed E-state index contributed by atoms with van der Waals surface area (Å²) in [7, 11) is 0. The van der Waals surface area contributed by atoms with Gasteiger partial charge in [-0.1, -0.05) is 34.3 Å². The number of Topliss-reactive ketones (excluding diaryl/α,β-unsaturated/α-hetero) is 1. The summed E-state index contributed by atoms with van der Waals surface area (Å²) in [5.41, 5.74) is 2.60. The van der Waals surface area contributed by atoms with Crippen LogP contribution in [0.1, 0.15) is 34.1 Å². The predicted molar refractivity (Wildman–Crippen MR) is 60.1 cm³/mol. The molecule has 0 aromatic heterocycles. The second kappa shape index (κ2) is 3.56. The third-order valence-electron chi connectivity index (χ3n) is 2.41. The molecule has 0 spiro atoms. The van der Waals surface area contributed by atoms with Crippen molar-refractivity contribution in [3.05, 3.63) is 35.5 Å². The van der Waals surface area contributed by atoms with Crippen molar-refractivity contribution in [2.24, 2.45) is 5.41 Å². The summed E-state index contributed by atoms with van der Waals surface area (Å²) in [5.74, 6) is 0.187. The highest BCUT2D eigenvalue weighted by Crippen LogP contribution is 2.32. The normalized spacial score (nSPS) is 18.0. The molecule has 0 heterocycles. The zero-order valence-electron chi connectivity index (χ0n) is 9.48. The van der Waals surface area contributed by atoms with Crippen LogP contribution in [-0.4, -0.2) is 5.78 Å². The van der Waals surface area contributed by atoms with E-state index in [1.807, 2.05) is 19.1 Å². The van der Waals surface area contributed by atoms with Gasteiger partial charge in [-0.05, 0) is 29.6 Å². The molecule has 0 fully saturated rings. The van der Waals surface area contributed by atoms with E-state index in [1.54, 1.807) is 0 Å². The van der Waals surface area contributed by atoms with Crippen LogP contribution in [-0.2, 0) is 4.79 Å². The largest absolute Gasteiger partial charge is 0.289 e. The van der Waals surface area contributed by atoms with Gasteiger partial charge in [0, 0.05) is 11.1 Å². The Morgan fingerprint density at radius 2 is 1.86 bits per heavy atom. The predicted octanol–water partition coefficient (Wildman–Crippen LogP) is 3.43. The summed E-state index contributed by atoms with van der Waals surface area (Å²) in [5, 5.41) is 0. The first-order valence-electron chi connectivity index (χ1n) is 5.02. The second-order valence-electron chi connectivity index (χ2n) is 4.74. The van der Waals surface area contributed by atoms with Crippen molar-refractivity contribution in [3.8, 4) is 0 Å². The highest BCUT2D eigenvalue weighted by Gasteiger charge is 2.27. The standard InChI is InChI=1S/C13H18O/c1-6-10-7-9(2)8-11(12(10)14)13(3,4)5/h7-8H,2,6H2,1,3-5H3. The van der Waals surface area contributed by atoms with Gasteiger partial charge in [0.1, 0.15) is 0 Å². The smallest absolute Gasteiger partial charge is 0.185 e. The average Bonchev–Trinajstić information content (AvgIpc) is 2.06. The van der Waals surface area contributed by atoms with Crippen LogP contribution >= 0.6 is 0 Å². The van der Waals surface area contributed by atoms with Crippen molar-refractivity contribution in [1.82, 2.24) is 0 Å². The first-order chi connectivity index (χ1) is 6.36. The van der Waals surface area contributed by atoms with Crippen LogP contribution in [0.15, 0.2) is 35.5 Å². The van der Waals surface area contributed by atoms with Gasteiger partial charge in [-0.15, -0.1) is 0 Å². The molecule has 0 saturated carbocycles. The summed E-state index contributed by atoms with van der Waals surface area (Å²) in [6.07, 6.45) is 4.57. The first-order valence-corrected chi connectivity index (χ1v) is 5.02. The molecule has 1 heteroatoms. The van der Waals surface area contributed by atoms with Gasteiger partial charge >= 0.3 is 0 Å². The Hall–Kier alpha value is -1.11. The van der Waals surface area contributed by atoms with E-state index in [0.717, 1.165) is 23.1 Å². The number of rotatable bonds is 1. The molecule has 0 aromatic rings. The molecular formula is C13H18O. The van der Waals surface area contributed by atoms with Gasteiger partial charge in [0.15, 0.2) is 5.78 Å². The molecule has 76 valence electrons. The van der Waals surface area contributed by atoms with Crippen molar-refractivity contribution in [1.29, 1.82) is 0 Å². The summed E-state index contributed by atoms with van der Waals surface area (Å²) in [6.45, 7) is 12.1. The van der Waals surface area contributed by atoms with Crippen molar-refractivity contribution in [2.75, 3.05) is 0 Å². The number of carbonyl (C=O) groups excluding carboxylic acids is 1. The SMILES string of the molecule is C=C1C=C(CC)C(=O)C(C(C)(C)C)=C1. The molecule has 1 nitrogen and oxygen atoms in total. The summed E-state index contributed by atoms with van der Waals surface area (Å²) in [6, 6.07) is 0. The highest BCUT2D eigenvalue weighted by molar-refractivity contribution is 6.10. The van der Waals surface area contributed by atoms with Crippen LogP contribution in [0.2, 0.25) is 0 Å². The number of ketones is 1. The minimum absolute atomic E-state index is 0.0886. The maximum atomic E-state index is 12.0. The van der Waals surface area contributed by atoms with Crippen molar-refractivity contribution < 1.29 is 4.79 Å². The Morgan fingerprint density at radius 1 is 1.29 bits per heavy atom. The van der Waals surface area contributed by atoms with Crippen LogP contribution < -0.4 is 0 Å². The Labute approximate surface area is 86.2 Å². The van der Waals surface area contributed by atoms with Gasteiger partial charge in [0.25, 0.3) is 0 Å². The third kappa shape index (κ3) is 2.03. The molecule has 1 aliphatic rings. The van der Waals surface area contributed by atoms with Gasteiger partial charge in [0.2, 0.25) is 0 Å². The van der Waals surface area contributed by atoms with E-state index in [2.05, 4.69) is 27.4 Å². The molecule has 0 N–H and O–H groups in total. The fourth-order valence-electron chi connectivity index (χ4n) is 1.57. The van der Waals surface area contributed by atoms with Crippen molar-refractivity contribution >= 4 is 5.78 Å². The lowest BCUT2D eigenvalue weighted by Gasteiger charge is -2.25.